The Bertz CT molecular complexity index is 307. The molecule has 0 bridgehead atoms. The van der Waals surface area contributed by atoms with Gasteiger partial charge in [-0.05, 0) is 24.0 Å². The van der Waals surface area contributed by atoms with E-state index in [-0.39, 0.29) is 11.9 Å². The molecule has 0 aromatic heterocycles. The van der Waals surface area contributed by atoms with Gasteiger partial charge in [0, 0.05) is 11.6 Å². The van der Waals surface area contributed by atoms with Crippen molar-refractivity contribution in [1.29, 1.82) is 0 Å². The van der Waals surface area contributed by atoms with Crippen molar-refractivity contribution >= 4 is 0 Å². The molecule has 1 unspecified atom stereocenters. The maximum Gasteiger partial charge on any atom is 0.127 e. The Balaban J connectivity index is 3.08. The molecule has 14 heavy (non-hydrogen) atoms. The molecular formula is C12H18FN. The molecule has 1 aromatic rings. The van der Waals surface area contributed by atoms with E-state index in [4.69, 9.17) is 5.73 Å². The second-order valence-electron chi connectivity index (χ2n) is 3.95. The van der Waals surface area contributed by atoms with Gasteiger partial charge in [-0.3, -0.25) is 0 Å². The highest BCUT2D eigenvalue weighted by Crippen LogP contribution is 2.23. The van der Waals surface area contributed by atoms with Gasteiger partial charge >= 0.3 is 0 Å². The molecule has 0 saturated heterocycles. The van der Waals surface area contributed by atoms with E-state index in [2.05, 4.69) is 13.8 Å². The van der Waals surface area contributed by atoms with E-state index in [0.717, 1.165) is 12.0 Å². The zero-order valence-electron chi connectivity index (χ0n) is 9.05. The van der Waals surface area contributed by atoms with Crippen LogP contribution in [0.4, 0.5) is 4.39 Å². The van der Waals surface area contributed by atoms with Gasteiger partial charge in [0.1, 0.15) is 5.82 Å². The predicted molar refractivity (Wildman–Crippen MR) is 57.7 cm³/mol. The monoisotopic (exact) mass is 195 g/mol. The third-order valence-electron chi connectivity index (χ3n) is 2.53. The molecule has 1 atom stereocenters. The number of hydrogen-bond donors (Lipinski definition) is 1. The summed E-state index contributed by atoms with van der Waals surface area (Å²) in [6.07, 6.45) is 0.762. The zero-order valence-corrected chi connectivity index (χ0v) is 9.05. The van der Waals surface area contributed by atoms with Gasteiger partial charge in [-0.15, -0.1) is 0 Å². The fraction of sp³-hybridized carbons (Fsp3) is 0.500. The van der Waals surface area contributed by atoms with Crippen LogP contribution in [0.1, 0.15) is 50.3 Å². The lowest BCUT2D eigenvalue weighted by Crippen LogP contribution is -2.11. The van der Waals surface area contributed by atoms with Crippen LogP contribution in [0.5, 0.6) is 0 Å². The first kappa shape index (κ1) is 11.2. The average molecular weight is 195 g/mol. The van der Waals surface area contributed by atoms with Gasteiger partial charge in [0.05, 0.1) is 0 Å². The first-order valence-corrected chi connectivity index (χ1v) is 5.11. The molecule has 0 heterocycles. The highest BCUT2D eigenvalue weighted by molar-refractivity contribution is 5.29. The van der Waals surface area contributed by atoms with Gasteiger partial charge in [0.15, 0.2) is 0 Å². The number of nitrogens with two attached hydrogens (primary N) is 1. The van der Waals surface area contributed by atoms with Crippen molar-refractivity contribution in [2.75, 3.05) is 0 Å². The molecule has 2 N–H and O–H groups in total. The maximum atomic E-state index is 13.4. The molecule has 0 spiro atoms. The lowest BCUT2D eigenvalue weighted by Gasteiger charge is -2.13. The first-order valence-electron chi connectivity index (χ1n) is 5.11. The molecule has 0 amide bonds. The van der Waals surface area contributed by atoms with Crippen LogP contribution in [0.25, 0.3) is 0 Å². The molecule has 0 aliphatic heterocycles. The van der Waals surface area contributed by atoms with E-state index in [1.54, 1.807) is 0 Å². The smallest absolute Gasteiger partial charge is 0.127 e. The Morgan fingerprint density at radius 3 is 2.50 bits per heavy atom. The fourth-order valence-corrected chi connectivity index (χ4v) is 1.43. The molecule has 0 aliphatic rings. The van der Waals surface area contributed by atoms with E-state index >= 15 is 0 Å². The first-order chi connectivity index (χ1) is 6.56. The summed E-state index contributed by atoms with van der Waals surface area (Å²) < 4.78 is 13.4. The largest absolute Gasteiger partial charge is 0.324 e. The highest BCUT2D eigenvalue weighted by Gasteiger charge is 2.11. The summed E-state index contributed by atoms with van der Waals surface area (Å²) >= 11 is 0. The molecule has 0 aliphatic carbocycles. The van der Waals surface area contributed by atoms with E-state index in [1.165, 1.54) is 6.07 Å². The second kappa shape index (κ2) is 4.56. The van der Waals surface area contributed by atoms with Crippen LogP contribution in [0.2, 0.25) is 0 Å². The number of hydrogen-bond acceptors (Lipinski definition) is 1. The summed E-state index contributed by atoms with van der Waals surface area (Å²) in [6, 6.07) is 5.04. The topological polar surface area (TPSA) is 26.0 Å². The summed E-state index contributed by atoms with van der Waals surface area (Å²) in [5.74, 6) is 0.224. The van der Waals surface area contributed by atoms with E-state index in [9.17, 15) is 4.39 Å². The molecular weight excluding hydrogens is 177 g/mol. The Labute approximate surface area is 85.1 Å². The minimum absolute atomic E-state index is 0.186. The second-order valence-corrected chi connectivity index (χ2v) is 3.95. The van der Waals surface area contributed by atoms with Gasteiger partial charge in [-0.25, -0.2) is 4.39 Å². The van der Waals surface area contributed by atoms with Crippen LogP contribution in [0.3, 0.4) is 0 Å². The molecule has 78 valence electrons. The third-order valence-corrected chi connectivity index (χ3v) is 2.53. The Kier molecular flexibility index (Phi) is 3.64. The summed E-state index contributed by atoms with van der Waals surface area (Å²) in [5.41, 5.74) is 7.61. The quantitative estimate of drug-likeness (QED) is 0.786. The van der Waals surface area contributed by atoms with Crippen LogP contribution in [-0.4, -0.2) is 0 Å². The normalized spacial score (nSPS) is 13.3. The van der Waals surface area contributed by atoms with Crippen molar-refractivity contribution in [3.8, 4) is 0 Å². The van der Waals surface area contributed by atoms with Gasteiger partial charge in [-0.2, -0.15) is 0 Å². The molecule has 0 saturated carbocycles. The highest BCUT2D eigenvalue weighted by atomic mass is 19.1. The van der Waals surface area contributed by atoms with Gasteiger partial charge in [0.25, 0.3) is 0 Å². The molecule has 0 fully saturated rings. The summed E-state index contributed by atoms with van der Waals surface area (Å²) in [7, 11) is 0. The SMILES string of the molecule is CCC(N)c1cc(C(C)C)ccc1F. The molecule has 1 nitrogen and oxygen atoms in total. The van der Waals surface area contributed by atoms with Crippen molar-refractivity contribution in [3.63, 3.8) is 0 Å². The zero-order chi connectivity index (χ0) is 10.7. The van der Waals surface area contributed by atoms with Crippen molar-refractivity contribution in [2.45, 2.75) is 39.2 Å². The molecule has 1 aromatic carbocycles. The molecule has 0 radical (unpaired) electrons. The number of benzene rings is 1. The summed E-state index contributed by atoms with van der Waals surface area (Å²) in [6.45, 7) is 6.15. The van der Waals surface area contributed by atoms with Gasteiger partial charge in [-0.1, -0.05) is 32.9 Å². The van der Waals surface area contributed by atoms with Gasteiger partial charge in [0.2, 0.25) is 0 Å². The minimum Gasteiger partial charge on any atom is -0.324 e. The van der Waals surface area contributed by atoms with Crippen molar-refractivity contribution in [2.24, 2.45) is 5.73 Å². The van der Waals surface area contributed by atoms with Crippen LogP contribution >= 0.6 is 0 Å². The van der Waals surface area contributed by atoms with Crippen LogP contribution < -0.4 is 5.73 Å². The number of rotatable bonds is 3. The standard InChI is InChI=1S/C12H18FN/c1-4-12(14)10-7-9(8(2)3)5-6-11(10)13/h5-8,12H,4,14H2,1-3H3. The van der Waals surface area contributed by atoms with Crippen molar-refractivity contribution < 1.29 is 4.39 Å². The van der Waals surface area contributed by atoms with E-state index < -0.39 is 0 Å². The molecule has 1 rings (SSSR count). The number of halogens is 1. The third kappa shape index (κ3) is 2.32. The maximum absolute atomic E-state index is 13.4. The van der Waals surface area contributed by atoms with Crippen LogP contribution in [0.15, 0.2) is 18.2 Å². The summed E-state index contributed by atoms with van der Waals surface area (Å²) in [4.78, 5) is 0. The Hall–Kier alpha value is -0.890. The predicted octanol–water partition coefficient (Wildman–Crippen LogP) is 3.36. The lowest BCUT2D eigenvalue weighted by molar-refractivity contribution is 0.573. The average Bonchev–Trinajstić information content (AvgIpc) is 2.17. The minimum atomic E-state index is -0.191. The lowest BCUT2D eigenvalue weighted by atomic mass is 9.96. The Morgan fingerprint density at radius 2 is 2.00 bits per heavy atom. The van der Waals surface area contributed by atoms with Crippen LogP contribution in [-0.2, 0) is 0 Å². The van der Waals surface area contributed by atoms with E-state index in [1.807, 2.05) is 19.1 Å². The van der Waals surface area contributed by atoms with Crippen molar-refractivity contribution in [3.05, 3.63) is 35.1 Å². The van der Waals surface area contributed by atoms with Crippen LogP contribution in [0, 0.1) is 5.82 Å². The van der Waals surface area contributed by atoms with Crippen molar-refractivity contribution in [1.82, 2.24) is 0 Å². The Morgan fingerprint density at radius 1 is 1.36 bits per heavy atom. The molecule has 2 heteroatoms. The van der Waals surface area contributed by atoms with E-state index in [0.29, 0.717) is 11.5 Å². The summed E-state index contributed by atoms with van der Waals surface area (Å²) in [5, 5.41) is 0. The fourth-order valence-electron chi connectivity index (χ4n) is 1.43. The van der Waals surface area contributed by atoms with Gasteiger partial charge < -0.3 is 5.73 Å².